The van der Waals surface area contributed by atoms with E-state index in [1.54, 1.807) is 30.3 Å². The molecule has 0 atom stereocenters. The molecule has 7 heteroatoms. The predicted octanol–water partition coefficient (Wildman–Crippen LogP) is 2.97. The fraction of sp³-hybridized carbons (Fsp3) is 0.136. The monoisotopic (exact) mass is 391 g/mol. The number of carbonyl (C=O) groups excluding carboxylic acids is 3. The maximum atomic E-state index is 12.4. The molecular formula is C22H21N3O4. The van der Waals surface area contributed by atoms with Gasteiger partial charge in [-0.15, -0.1) is 0 Å². The molecule has 29 heavy (non-hydrogen) atoms. The molecule has 7 nitrogen and oxygen atoms in total. The molecule has 0 aliphatic rings. The van der Waals surface area contributed by atoms with Gasteiger partial charge in [0.1, 0.15) is 0 Å². The highest BCUT2D eigenvalue weighted by molar-refractivity contribution is 6.04. The van der Waals surface area contributed by atoms with E-state index in [9.17, 15) is 14.4 Å². The fourth-order valence-electron chi connectivity index (χ4n) is 2.62. The molecule has 148 valence electrons. The summed E-state index contributed by atoms with van der Waals surface area (Å²) in [6, 6.07) is 19.4. The van der Waals surface area contributed by atoms with Crippen molar-refractivity contribution in [1.29, 1.82) is 0 Å². The van der Waals surface area contributed by atoms with Crippen molar-refractivity contribution < 1.29 is 18.8 Å². The Kier molecular flexibility index (Phi) is 6.78. The van der Waals surface area contributed by atoms with Gasteiger partial charge in [-0.25, -0.2) is 0 Å². The van der Waals surface area contributed by atoms with E-state index >= 15 is 0 Å². The molecule has 3 amide bonds. The molecule has 1 heterocycles. The summed E-state index contributed by atoms with van der Waals surface area (Å²) in [6.45, 7) is 0.488. The zero-order valence-electron chi connectivity index (χ0n) is 15.7. The van der Waals surface area contributed by atoms with Crippen LogP contribution in [0.15, 0.2) is 77.4 Å². The third-order valence-electron chi connectivity index (χ3n) is 4.09. The lowest BCUT2D eigenvalue weighted by Crippen LogP contribution is -2.30. The van der Waals surface area contributed by atoms with Gasteiger partial charge >= 0.3 is 0 Å². The molecule has 3 rings (SSSR count). The second-order valence-corrected chi connectivity index (χ2v) is 6.28. The Labute approximate surface area is 168 Å². The molecule has 1 aromatic heterocycles. The second kappa shape index (κ2) is 9.89. The van der Waals surface area contributed by atoms with Gasteiger partial charge in [-0.05, 0) is 42.0 Å². The molecule has 0 saturated carbocycles. The number of hydrogen-bond donors (Lipinski definition) is 3. The lowest BCUT2D eigenvalue weighted by Gasteiger charge is -2.09. The third kappa shape index (κ3) is 6.07. The lowest BCUT2D eigenvalue weighted by atomic mass is 10.1. The minimum atomic E-state index is -0.361. The molecule has 0 fully saturated rings. The van der Waals surface area contributed by atoms with Gasteiger partial charge in [0, 0.05) is 30.8 Å². The normalized spacial score (nSPS) is 10.2. The Bertz CT molecular complexity index is 969. The van der Waals surface area contributed by atoms with E-state index in [0.717, 1.165) is 5.56 Å². The number of furan rings is 1. The summed E-state index contributed by atoms with van der Waals surface area (Å²) >= 11 is 0. The van der Waals surface area contributed by atoms with Crippen LogP contribution in [0.1, 0.15) is 32.9 Å². The SMILES string of the molecule is O=C(CCNC(=O)c1ccco1)NCc1cccc(C(=O)Nc2ccccc2)c1. The molecule has 0 saturated heterocycles. The van der Waals surface area contributed by atoms with Crippen molar-refractivity contribution in [3.8, 4) is 0 Å². The van der Waals surface area contributed by atoms with E-state index in [1.807, 2.05) is 36.4 Å². The van der Waals surface area contributed by atoms with Crippen molar-refractivity contribution in [2.24, 2.45) is 0 Å². The van der Waals surface area contributed by atoms with Gasteiger partial charge < -0.3 is 20.4 Å². The van der Waals surface area contributed by atoms with Gasteiger partial charge in [-0.1, -0.05) is 30.3 Å². The molecule has 3 N–H and O–H groups in total. The molecule has 0 radical (unpaired) electrons. The lowest BCUT2D eigenvalue weighted by molar-refractivity contribution is -0.121. The van der Waals surface area contributed by atoms with Crippen LogP contribution in [0.25, 0.3) is 0 Å². The molecule has 0 aliphatic heterocycles. The molecule has 3 aromatic rings. The van der Waals surface area contributed by atoms with Crippen LogP contribution in [0, 0.1) is 0 Å². The van der Waals surface area contributed by atoms with Crippen LogP contribution in [-0.4, -0.2) is 24.3 Å². The van der Waals surface area contributed by atoms with Gasteiger partial charge in [0.2, 0.25) is 5.91 Å². The number of hydrogen-bond acceptors (Lipinski definition) is 4. The zero-order valence-corrected chi connectivity index (χ0v) is 15.7. The van der Waals surface area contributed by atoms with Gasteiger partial charge in [-0.2, -0.15) is 0 Å². The van der Waals surface area contributed by atoms with Gasteiger partial charge in [0.15, 0.2) is 5.76 Å². The highest BCUT2D eigenvalue weighted by Crippen LogP contribution is 2.10. The molecular weight excluding hydrogens is 370 g/mol. The first-order valence-electron chi connectivity index (χ1n) is 9.15. The average Bonchev–Trinajstić information content (AvgIpc) is 3.28. The summed E-state index contributed by atoms with van der Waals surface area (Å²) in [4.78, 5) is 36.1. The van der Waals surface area contributed by atoms with Crippen LogP contribution >= 0.6 is 0 Å². The number of para-hydroxylation sites is 1. The second-order valence-electron chi connectivity index (χ2n) is 6.28. The van der Waals surface area contributed by atoms with Gasteiger partial charge in [0.05, 0.1) is 6.26 Å². The molecule has 0 unspecified atom stereocenters. The van der Waals surface area contributed by atoms with E-state index in [2.05, 4.69) is 16.0 Å². The van der Waals surface area contributed by atoms with Gasteiger partial charge in [0.25, 0.3) is 11.8 Å². The maximum Gasteiger partial charge on any atom is 0.286 e. The summed E-state index contributed by atoms with van der Waals surface area (Å²) in [6.07, 6.45) is 1.55. The van der Waals surface area contributed by atoms with E-state index in [0.29, 0.717) is 11.3 Å². The minimum absolute atomic E-state index is 0.140. The van der Waals surface area contributed by atoms with Crippen LogP contribution in [0.2, 0.25) is 0 Å². The van der Waals surface area contributed by atoms with E-state index < -0.39 is 0 Å². The Morgan fingerprint density at radius 2 is 1.66 bits per heavy atom. The Morgan fingerprint density at radius 3 is 2.41 bits per heavy atom. The highest BCUT2D eigenvalue weighted by Gasteiger charge is 2.10. The largest absolute Gasteiger partial charge is 0.459 e. The fourth-order valence-corrected chi connectivity index (χ4v) is 2.62. The van der Waals surface area contributed by atoms with Crippen molar-refractivity contribution in [2.45, 2.75) is 13.0 Å². The number of benzene rings is 2. The van der Waals surface area contributed by atoms with Crippen molar-refractivity contribution in [1.82, 2.24) is 10.6 Å². The van der Waals surface area contributed by atoms with Crippen molar-refractivity contribution in [2.75, 3.05) is 11.9 Å². The van der Waals surface area contributed by atoms with E-state index in [4.69, 9.17) is 4.42 Å². The Hall–Kier alpha value is -3.87. The summed E-state index contributed by atoms with van der Waals surface area (Å²) < 4.78 is 4.98. The summed E-state index contributed by atoms with van der Waals surface area (Å²) in [5.74, 6) is -0.579. The van der Waals surface area contributed by atoms with Crippen LogP contribution in [0.5, 0.6) is 0 Å². The van der Waals surface area contributed by atoms with Crippen LogP contribution in [0.4, 0.5) is 5.69 Å². The first kappa shape index (κ1) is 19.9. The number of carbonyl (C=O) groups is 3. The summed E-state index contributed by atoms with van der Waals surface area (Å²) in [7, 11) is 0. The molecule has 2 aromatic carbocycles. The van der Waals surface area contributed by atoms with Crippen molar-refractivity contribution >= 4 is 23.4 Å². The highest BCUT2D eigenvalue weighted by atomic mass is 16.3. The third-order valence-corrected chi connectivity index (χ3v) is 4.09. The van der Waals surface area contributed by atoms with Crippen molar-refractivity contribution in [3.63, 3.8) is 0 Å². The molecule has 0 bridgehead atoms. The standard InChI is InChI=1S/C22H21N3O4/c26-20(11-12-23-22(28)19-10-5-13-29-19)24-15-16-6-4-7-17(14-16)21(27)25-18-8-2-1-3-9-18/h1-10,13-14H,11-12,15H2,(H,23,28)(H,24,26)(H,25,27). The Balaban J connectivity index is 1.44. The molecule has 0 spiro atoms. The number of nitrogens with one attached hydrogen (secondary N) is 3. The van der Waals surface area contributed by atoms with E-state index in [-0.39, 0.29) is 43.0 Å². The van der Waals surface area contributed by atoms with Crippen LogP contribution in [0.3, 0.4) is 0 Å². The zero-order chi connectivity index (χ0) is 20.5. The maximum absolute atomic E-state index is 12.4. The minimum Gasteiger partial charge on any atom is -0.459 e. The van der Waals surface area contributed by atoms with E-state index in [1.165, 1.54) is 6.26 Å². The van der Waals surface area contributed by atoms with Crippen molar-refractivity contribution in [3.05, 3.63) is 89.9 Å². The van der Waals surface area contributed by atoms with Crippen LogP contribution in [-0.2, 0) is 11.3 Å². The Morgan fingerprint density at radius 1 is 0.828 bits per heavy atom. The number of amides is 3. The number of anilines is 1. The summed E-state index contributed by atoms with van der Waals surface area (Å²) in [5.41, 5.74) is 2.03. The quantitative estimate of drug-likeness (QED) is 0.550. The first-order chi connectivity index (χ1) is 14.1. The molecule has 0 aliphatic carbocycles. The topological polar surface area (TPSA) is 100 Å². The van der Waals surface area contributed by atoms with Gasteiger partial charge in [-0.3, -0.25) is 14.4 Å². The summed E-state index contributed by atoms with van der Waals surface area (Å²) in [5, 5.41) is 8.22. The number of rotatable bonds is 8. The first-order valence-corrected chi connectivity index (χ1v) is 9.15. The van der Waals surface area contributed by atoms with Crippen LogP contribution < -0.4 is 16.0 Å². The predicted molar refractivity (Wildman–Crippen MR) is 108 cm³/mol. The smallest absolute Gasteiger partial charge is 0.286 e. The average molecular weight is 391 g/mol.